The second-order valence-electron chi connectivity index (χ2n) is 10.2. The predicted octanol–water partition coefficient (Wildman–Crippen LogP) is 4.87. The van der Waals surface area contributed by atoms with E-state index in [-0.39, 0.29) is 16.9 Å². The van der Waals surface area contributed by atoms with Crippen molar-refractivity contribution in [3.8, 4) is 0 Å². The number of amides is 1. The van der Waals surface area contributed by atoms with E-state index in [1.54, 1.807) is 21.6 Å². The number of hydrogen-bond donors (Lipinski definition) is 1. The Morgan fingerprint density at radius 1 is 1.18 bits per heavy atom. The third kappa shape index (κ3) is 3.77. The molecule has 4 aliphatic carbocycles. The summed E-state index contributed by atoms with van der Waals surface area (Å²) in [4.78, 5) is 24.3. The zero-order valence-electron chi connectivity index (χ0n) is 18.6. The van der Waals surface area contributed by atoms with E-state index in [9.17, 15) is 14.9 Å². The van der Waals surface area contributed by atoms with Gasteiger partial charge in [-0.15, -0.1) is 0 Å². The summed E-state index contributed by atoms with van der Waals surface area (Å²) in [5.41, 5.74) is 0.826. The highest BCUT2D eigenvalue weighted by Crippen LogP contribution is 2.58. The standard InChI is InChI=1S/C24H25ClN6O3/c25-19-3-1-2-15(7-19)12-29-13-20(11-26-29)27-23(32)22-21(31(33)34)14-30(28-22)24-8-16-4-17(9-24)6-18(5-16)10-24/h1-3,7,11,13-14,16-18H,4-6,8-10,12H2,(H,27,32). The number of carbonyl (C=O) groups excluding carboxylic acids is 1. The molecule has 0 spiro atoms. The third-order valence-corrected chi connectivity index (χ3v) is 7.96. The van der Waals surface area contributed by atoms with E-state index < -0.39 is 10.8 Å². The summed E-state index contributed by atoms with van der Waals surface area (Å²) in [5.74, 6) is 1.39. The number of aromatic nitrogens is 4. The fraction of sp³-hybridized carbons (Fsp3) is 0.458. The molecule has 0 unspecified atom stereocenters. The number of hydrogen-bond acceptors (Lipinski definition) is 5. The molecule has 176 valence electrons. The smallest absolute Gasteiger partial charge is 0.318 e. The summed E-state index contributed by atoms with van der Waals surface area (Å²) in [6, 6.07) is 7.45. The summed E-state index contributed by atoms with van der Waals surface area (Å²) >= 11 is 6.04. The molecule has 9 nitrogen and oxygen atoms in total. The molecule has 4 aliphatic rings. The molecule has 2 heterocycles. The van der Waals surface area contributed by atoms with Crippen molar-refractivity contribution in [1.29, 1.82) is 0 Å². The minimum absolute atomic E-state index is 0.150. The summed E-state index contributed by atoms with van der Waals surface area (Å²) in [6.45, 7) is 0.483. The van der Waals surface area contributed by atoms with Crippen LogP contribution in [-0.4, -0.2) is 30.4 Å². The number of rotatable bonds is 6. The number of nitrogens with one attached hydrogen (secondary N) is 1. The van der Waals surface area contributed by atoms with Gasteiger partial charge in [0.1, 0.15) is 6.20 Å². The topological polar surface area (TPSA) is 108 Å². The van der Waals surface area contributed by atoms with Gasteiger partial charge in [0.05, 0.1) is 28.9 Å². The quantitative estimate of drug-likeness (QED) is 0.400. The number of nitrogens with zero attached hydrogens (tertiary/aromatic N) is 5. The molecule has 1 amide bonds. The van der Waals surface area contributed by atoms with Crippen LogP contribution in [0.4, 0.5) is 11.4 Å². The van der Waals surface area contributed by atoms with Gasteiger partial charge in [-0.1, -0.05) is 23.7 Å². The molecule has 7 rings (SSSR count). The van der Waals surface area contributed by atoms with Gasteiger partial charge in [0.2, 0.25) is 5.69 Å². The van der Waals surface area contributed by atoms with Crippen molar-refractivity contribution >= 4 is 28.9 Å². The van der Waals surface area contributed by atoms with E-state index in [1.807, 2.05) is 18.2 Å². The van der Waals surface area contributed by atoms with Gasteiger partial charge in [-0.3, -0.25) is 24.3 Å². The highest BCUT2D eigenvalue weighted by atomic mass is 35.5. The maximum Gasteiger partial charge on any atom is 0.320 e. The number of nitro groups is 1. The van der Waals surface area contributed by atoms with E-state index in [0.717, 1.165) is 24.8 Å². The van der Waals surface area contributed by atoms with Crippen LogP contribution < -0.4 is 5.32 Å². The van der Waals surface area contributed by atoms with Crippen LogP contribution in [0.3, 0.4) is 0 Å². The van der Waals surface area contributed by atoms with Crippen molar-refractivity contribution in [2.45, 2.75) is 50.6 Å². The van der Waals surface area contributed by atoms with Crippen LogP contribution in [0.2, 0.25) is 5.02 Å². The Bertz CT molecular complexity index is 1250. The van der Waals surface area contributed by atoms with Crippen LogP contribution in [0.15, 0.2) is 42.9 Å². The molecule has 34 heavy (non-hydrogen) atoms. The van der Waals surface area contributed by atoms with Crippen molar-refractivity contribution in [3.63, 3.8) is 0 Å². The molecule has 4 fully saturated rings. The maximum atomic E-state index is 13.0. The Morgan fingerprint density at radius 3 is 2.53 bits per heavy atom. The molecule has 0 atom stereocenters. The van der Waals surface area contributed by atoms with E-state index in [2.05, 4.69) is 15.5 Å². The largest absolute Gasteiger partial charge is 0.320 e. The molecular formula is C24H25ClN6O3. The van der Waals surface area contributed by atoms with Gasteiger partial charge in [0.15, 0.2) is 0 Å². The zero-order valence-corrected chi connectivity index (χ0v) is 19.3. The van der Waals surface area contributed by atoms with E-state index in [0.29, 0.717) is 35.0 Å². The van der Waals surface area contributed by atoms with Gasteiger partial charge in [0, 0.05) is 11.2 Å². The van der Waals surface area contributed by atoms with Crippen LogP contribution in [-0.2, 0) is 12.1 Å². The van der Waals surface area contributed by atoms with Crippen LogP contribution in [0.25, 0.3) is 0 Å². The molecule has 1 aromatic carbocycles. The van der Waals surface area contributed by atoms with Crippen LogP contribution in [0.1, 0.15) is 54.6 Å². The fourth-order valence-electron chi connectivity index (χ4n) is 6.78. The number of halogens is 1. The molecule has 4 bridgehead atoms. The fourth-order valence-corrected chi connectivity index (χ4v) is 6.99. The van der Waals surface area contributed by atoms with Gasteiger partial charge in [-0.25, -0.2) is 0 Å². The average Bonchev–Trinajstić information content (AvgIpc) is 3.41. The monoisotopic (exact) mass is 480 g/mol. The van der Waals surface area contributed by atoms with Gasteiger partial charge in [0.25, 0.3) is 5.91 Å². The zero-order chi connectivity index (χ0) is 23.4. The molecular weight excluding hydrogens is 456 g/mol. The van der Waals surface area contributed by atoms with Gasteiger partial charge < -0.3 is 5.32 Å². The minimum Gasteiger partial charge on any atom is -0.318 e. The SMILES string of the molecule is O=C(Nc1cnn(Cc2cccc(Cl)c2)c1)c1nn(C23CC4CC(CC(C4)C2)C3)cc1[N+](=O)[O-]. The molecule has 0 aliphatic heterocycles. The third-order valence-electron chi connectivity index (χ3n) is 7.72. The molecule has 1 N–H and O–H groups in total. The van der Waals surface area contributed by atoms with Gasteiger partial charge in [-0.05, 0) is 74.0 Å². The first-order valence-electron chi connectivity index (χ1n) is 11.7. The second-order valence-corrected chi connectivity index (χ2v) is 10.7. The highest BCUT2D eigenvalue weighted by molar-refractivity contribution is 6.30. The van der Waals surface area contributed by atoms with E-state index >= 15 is 0 Å². The normalized spacial score (nSPS) is 27.1. The first-order valence-corrected chi connectivity index (χ1v) is 12.1. The minimum atomic E-state index is -0.600. The lowest BCUT2D eigenvalue weighted by Gasteiger charge is -2.56. The summed E-state index contributed by atoms with van der Waals surface area (Å²) in [6.07, 6.45) is 11.4. The van der Waals surface area contributed by atoms with Crippen molar-refractivity contribution in [1.82, 2.24) is 19.6 Å². The lowest BCUT2D eigenvalue weighted by Crippen LogP contribution is -2.52. The molecule has 0 saturated heterocycles. The summed E-state index contributed by atoms with van der Waals surface area (Å²) in [5, 5.41) is 24.0. The highest BCUT2D eigenvalue weighted by Gasteiger charge is 2.53. The summed E-state index contributed by atoms with van der Waals surface area (Å²) < 4.78 is 3.43. The van der Waals surface area contributed by atoms with Gasteiger partial charge >= 0.3 is 5.69 Å². The van der Waals surface area contributed by atoms with E-state index in [4.69, 9.17) is 11.6 Å². The summed E-state index contributed by atoms with van der Waals surface area (Å²) in [7, 11) is 0. The molecule has 4 saturated carbocycles. The van der Waals surface area contributed by atoms with Crippen molar-refractivity contribution < 1.29 is 9.72 Å². The Kier molecular flexibility index (Phi) is 4.98. The molecule has 0 radical (unpaired) electrons. The number of benzene rings is 1. The number of anilines is 1. The second kappa shape index (κ2) is 7.94. The van der Waals surface area contributed by atoms with Crippen molar-refractivity contribution in [3.05, 3.63) is 69.3 Å². The first-order chi connectivity index (χ1) is 16.4. The number of carbonyl (C=O) groups is 1. The average molecular weight is 481 g/mol. The predicted molar refractivity (Wildman–Crippen MR) is 126 cm³/mol. The van der Waals surface area contributed by atoms with Crippen molar-refractivity contribution in [2.24, 2.45) is 17.8 Å². The van der Waals surface area contributed by atoms with Crippen molar-refractivity contribution in [2.75, 3.05) is 5.32 Å². The maximum absolute atomic E-state index is 13.0. The van der Waals surface area contributed by atoms with Crippen LogP contribution >= 0.6 is 11.6 Å². The first kappa shape index (κ1) is 21.3. The van der Waals surface area contributed by atoms with Gasteiger partial charge in [-0.2, -0.15) is 10.2 Å². The lowest BCUT2D eigenvalue weighted by atomic mass is 9.53. The molecule has 2 aromatic heterocycles. The van der Waals surface area contributed by atoms with E-state index in [1.165, 1.54) is 31.7 Å². The Labute approximate surface area is 201 Å². The molecule has 3 aromatic rings. The van der Waals surface area contributed by atoms with Crippen LogP contribution in [0, 0.1) is 27.9 Å². The molecule has 10 heteroatoms. The Hall–Kier alpha value is -3.20. The van der Waals surface area contributed by atoms with Crippen LogP contribution in [0.5, 0.6) is 0 Å². The lowest BCUT2D eigenvalue weighted by molar-refractivity contribution is -0.385. The Balaban J connectivity index is 1.23. The Morgan fingerprint density at radius 2 is 1.88 bits per heavy atom.